The molecule has 0 amide bonds. The Labute approximate surface area is 88.4 Å². The predicted molar refractivity (Wildman–Crippen MR) is 60.5 cm³/mol. The first-order chi connectivity index (χ1) is 6.70. The van der Waals surface area contributed by atoms with Crippen LogP contribution in [0.3, 0.4) is 0 Å². The van der Waals surface area contributed by atoms with Crippen LogP contribution in [-0.2, 0) is 4.74 Å². The number of hydrogen-bond donors (Lipinski definition) is 1. The van der Waals surface area contributed by atoms with Crippen LogP contribution in [0.25, 0.3) is 0 Å². The van der Waals surface area contributed by atoms with E-state index in [4.69, 9.17) is 4.74 Å². The first-order valence-corrected chi connectivity index (χ1v) is 6.01. The van der Waals surface area contributed by atoms with E-state index < -0.39 is 0 Å². The zero-order valence-corrected chi connectivity index (χ0v) is 9.88. The lowest BCUT2D eigenvalue weighted by Crippen LogP contribution is -2.29. The summed E-state index contributed by atoms with van der Waals surface area (Å²) in [6.45, 7) is 9.88. The van der Waals surface area contributed by atoms with Gasteiger partial charge in [-0.1, -0.05) is 20.8 Å². The maximum atomic E-state index is 5.51. The normalized spacial score (nSPS) is 25.3. The summed E-state index contributed by atoms with van der Waals surface area (Å²) in [7, 11) is 0. The van der Waals surface area contributed by atoms with Gasteiger partial charge >= 0.3 is 0 Å². The molecule has 0 aromatic rings. The average Bonchev–Trinajstić information content (AvgIpc) is 2.18. The fraction of sp³-hybridized carbons (Fsp3) is 1.00. The van der Waals surface area contributed by atoms with Crippen LogP contribution < -0.4 is 5.32 Å². The number of rotatable bonds is 5. The van der Waals surface area contributed by atoms with Crippen LogP contribution in [0, 0.1) is 11.8 Å². The Morgan fingerprint density at radius 3 is 2.71 bits per heavy atom. The molecule has 14 heavy (non-hydrogen) atoms. The highest BCUT2D eigenvalue weighted by atomic mass is 16.5. The molecule has 1 fully saturated rings. The van der Waals surface area contributed by atoms with Crippen LogP contribution >= 0.6 is 0 Å². The molecule has 1 N–H and O–H groups in total. The SMILES string of the molecule is CC(C)NCCC(C)C1CCCOC1. The molecule has 2 nitrogen and oxygen atoms in total. The number of nitrogens with one attached hydrogen (secondary N) is 1. The van der Waals surface area contributed by atoms with Crippen LogP contribution in [0.4, 0.5) is 0 Å². The Balaban J connectivity index is 2.10. The highest BCUT2D eigenvalue weighted by Crippen LogP contribution is 2.24. The molecule has 0 spiro atoms. The van der Waals surface area contributed by atoms with E-state index >= 15 is 0 Å². The molecule has 0 aromatic carbocycles. The fourth-order valence-corrected chi connectivity index (χ4v) is 2.05. The van der Waals surface area contributed by atoms with Crippen molar-refractivity contribution in [1.82, 2.24) is 5.32 Å². The maximum absolute atomic E-state index is 5.51. The minimum atomic E-state index is 0.616. The summed E-state index contributed by atoms with van der Waals surface area (Å²) in [5.41, 5.74) is 0. The van der Waals surface area contributed by atoms with Crippen molar-refractivity contribution in [1.29, 1.82) is 0 Å². The monoisotopic (exact) mass is 199 g/mol. The molecule has 1 rings (SSSR count). The zero-order valence-electron chi connectivity index (χ0n) is 9.88. The summed E-state index contributed by atoms with van der Waals surface area (Å²) < 4.78 is 5.51. The van der Waals surface area contributed by atoms with Gasteiger partial charge < -0.3 is 10.1 Å². The van der Waals surface area contributed by atoms with Crippen LogP contribution in [0.2, 0.25) is 0 Å². The molecular weight excluding hydrogens is 174 g/mol. The van der Waals surface area contributed by atoms with Gasteiger partial charge in [0.15, 0.2) is 0 Å². The van der Waals surface area contributed by atoms with Crippen molar-refractivity contribution < 1.29 is 4.74 Å². The highest BCUT2D eigenvalue weighted by Gasteiger charge is 2.19. The van der Waals surface area contributed by atoms with E-state index in [9.17, 15) is 0 Å². The van der Waals surface area contributed by atoms with Gasteiger partial charge in [-0.15, -0.1) is 0 Å². The van der Waals surface area contributed by atoms with Gasteiger partial charge in [0.05, 0.1) is 0 Å². The maximum Gasteiger partial charge on any atom is 0.0496 e. The second kappa shape index (κ2) is 6.41. The van der Waals surface area contributed by atoms with Crippen molar-refractivity contribution >= 4 is 0 Å². The number of ether oxygens (including phenoxy) is 1. The highest BCUT2D eigenvalue weighted by molar-refractivity contribution is 4.70. The Morgan fingerprint density at radius 2 is 2.14 bits per heavy atom. The molecular formula is C12H25NO. The van der Waals surface area contributed by atoms with Crippen LogP contribution in [-0.4, -0.2) is 25.8 Å². The molecule has 1 saturated heterocycles. The molecule has 0 aliphatic carbocycles. The van der Waals surface area contributed by atoms with E-state index in [0.717, 1.165) is 31.6 Å². The second-order valence-electron chi connectivity index (χ2n) is 4.85. The second-order valence-corrected chi connectivity index (χ2v) is 4.85. The molecule has 0 bridgehead atoms. The van der Waals surface area contributed by atoms with Gasteiger partial charge in [-0.05, 0) is 37.6 Å². The third kappa shape index (κ3) is 4.43. The molecule has 84 valence electrons. The Bertz CT molecular complexity index is 141. The van der Waals surface area contributed by atoms with Gasteiger partial charge in [0.25, 0.3) is 0 Å². The summed E-state index contributed by atoms with van der Waals surface area (Å²) in [4.78, 5) is 0. The van der Waals surface area contributed by atoms with Crippen LogP contribution in [0.1, 0.15) is 40.0 Å². The van der Waals surface area contributed by atoms with Gasteiger partial charge in [0.1, 0.15) is 0 Å². The smallest absolute Gasteiger partial charge is 0.0496 e. The third-order valence-electron chi connectivity index (χ3n) is 3.15. The van der Waals surface area contributed by atoms with Crippen LogP contribution in [0.15, 0.2) is 0 Å². The van der Waals surface area contributed by atoms with E-state index in [1.165, 1.54) is 19.3 Å². The molecule has 2 unspecified atom stereocenters. The lowest BCUT2D eigenvalue weighted by molar-refractivity contribution is 0.0324. The minimum absolute atomic E-state index is 0.616. The van der Waals surface area contributed by atoms with Crippen molar-refractivity contribution in [3.05, 3.63) is 0 Å². The molecule has 2 heteroatoms. The number of hydrogen-bond acceptors (Lipinski definition) is 2. The quantitative estimate of drug-likeness (QED) is 0.734. The molecule has 0 radical (unpaired) electrons. The Hall–Kier alpha value is -0.0800. The predicted octanol–water partition coefficient (Wildman–Crippen LogP) is 2.44. The van der Waals surface area contributed by atoms with E-state index in [1.54, 1.807) is 0 Å². The van der Waals surface area contributed by atoms with E-state index in [-0.39, 0.29) is 0 Å². The largest absolute Gasteiger partial charge is 0.381 e. The van der Waals surface area contributed by atoms with Crippen molar-refractivity contribution in [3.63, 3.8) is 0 Å². The Kier molecular flexibility index (Phi) is 5.49. The van der Waals surface area contributed by atoms with E-state index in [0.29, 0.717) is 6.04 Å². The summed E-state index contributed by atoms with van der Waals surface area (Å²) >= 11 is 0. The molecule has 1 aliphatic rings. The van der Waals surface area contributed by atoms with Crippen molar-refractivity contribution in [2.24, 2.45) is 11.8 Å². The molecule has 0 aromatic heterocycles. The first kappa shape index (κ1) is 12.0. The standard InChI is InChI=1S/C12H25NO/c1-10(2)13-7-6-11(3)12-5-4-8-14-9-12/h10-13H,4-9H2,1-3H3. The van der Waals surface area contributed by atoms with Gasteiger partial charge in [-0.25, -0.2) is 0 Å². The average molecular weight is 199 g/mol. The van der Waals surface area contributed by atoms with E-state index in [2.05, 4.69) is 26.1 Å². The van der Waals surface area contributed by atoms with E-state index in [1.807, 2.05) is 0 Å². The van der Waals surface area contributed by atoms with Gasteiger partial charge in [-0.3, -0.25) is 0 Å². The molecule has 1 aliphatic heterocycles. The summed E-state index contributed by atoms with van der Waals surface area (Å²) in [6.07, 6.45) is 3.90. The molecule has 2 atom stereocenters. The van der Waals surface area contributed by atoms with Crippen molar-refractivity contribution in [3.8, 4) is 0 Å². The zero-order chi connectivity index (χ0) is 10.4. The van der Waals surface area contributed by atoms with Gasteiger partial charge in [0.2, 0.25) is 0 Å². The topological polar surface area (TPSA) is 21.3 Å². The summed E-state index contributed by atoms with van der Waals surface area (Å²) in [5, 5.41) is 3.47. The van der Waals surface area contributed by atoms with Crippen LogP contribution in [0.5, 0.6) is 0 Å². The summed E-state index contributed by atoms with van der Waals surface area (Å²) in [6, 6.07) is 0.616. The molecule has 1 heterocycles. The fourth-order valence-electron chi connectivity index (χ4n) is 2.05. The summed E-state index contributed by atoms with van der Waals surface area (Å²) in [5.74, 6) is 1.61. The van der Waals surface area contributed by atoms with Crippen molar-refractivity contribution in [2.45, 2.75) is 46.1 Å². The Morgan fingerprint density at radius 1 is 1.36 bits per heavy atom. The third-order valence-corrected chi connectivity index (χ3v) is 3.15. The molecule has 0 saturated carbocycles. The first-order valence-electron chi connectivity index (χ1n) is 6.01. The lowest BCUT2D eigenvalue weighted by Gasteiger charge is -2.28. The van der Waals surface area contributed by atoms with Crippen molar-refractivity contribution in [2.75, 3.05) is 19.8 Å². The van der Waals surface area contributed by atoms with Gasteiger partial charge in [-0.2, -0.15) is 0 Å². The minimum Gasteiger partial charge on any atom is -0.381 e. The lowest BCUT2D eigenvalue weighted by atomic mass is 9.87. The van der Waals surface area contributed by atoms with Gasteiger partial charge in [0, 0.05) is 19.3 Å².